The molecule has 1 unspecified atom stereocenters. The molecule has 92 valence electrons. The van der Waals surface area contributed by atoms with Gasteiger partial charge in [-0.3, -0.25) is 0 Å². The van der Waals surface area contributed by atoms with Gasteiger partial charge in [-0.25, -0.2) is 0 Å². The molecule has 2 rings (SSSR count). The molecule has 1 aliphatic carbocycles. The van der Waals surface area contributed by atoms with E-state index in [1.807, 2.05) is 0 Å². The molecule has 0 fully saturated rings. The molecule has 1 atom stereocenters. The maximum atomic E-state index is 5.42. The molecule has 0 aromatic carbocycles. The second-order valence-electron chi connectivity index (χ2n) is 4.39. The molecule has 2 aliphatic rings. The average molecular weight is 244 g/mol. The van der Waals surface area contributed by atoms with Crippen molar-refractivity contribution in [1.29, 1.82) is 0 Å². The molecule has 16 heavy (non-hydrogen) atoms. The molecule has 5 heteroatoms. The summed E-state index contributed by atoms with van der Waals surface area (Å²) in [6.07, 6.45) is 4.53. The van der Waals surface area contributed by atoms with Crippen LogP contribution in [0.5, 0.6) is 0 Å². The van der Waals surface area contributed by atoms with Crippen molar-refractivity contribution >= 4 is 8.80 Å². The van der Waals surface area contributed by atoms with Crippen molar-refractivity contribution in [3.8, 4) is 0 Å². The number of rotatable bonds is 6. The summed E-state index contributed by atoms with van der Waals surface area (Å²) in [6, 6.07) is 0.893. The van der Waals surface area contributed by atoms with Gasteiger partial charge in [-0.1, -0.05) is 0 Å². The fraction of sp³-hybridized carbons (Fsp3) is 0.818. The summed E-state index contributed by atoms with van der Waals surface area (Å²) in [4.78, 5) is 0. The van der Waals surface area contributed by atoms with Crippen LogP contribution in [0.15, 0.2) is 11.5 Å². The van der Waals surface area contributed by atoms with Crippen molar-refractivity contribution < 1.29 is 18.0 Å². The minimum Gasteiger partial charge on any atom is -0.459 e. The highest BCUT2D eigenvalue weighted by molar-refractivity contribution is 6.60. The zero-order valence-electron chi connectivity index (χ0n) is 10.2. The summed E-state index contributed by atoms with van der Waals surface area (Å²) in [6.45, 7) is 0. The molecular weight excluding hydrogens is 224 g/mol. The van der Waals surface area contributed by atoms with Crippen LogP contribution in [-0.4, -0.2) is 30.1 Å². The molecular formula is C11H20O4Si. The molecule has 4 nitrogen and oxygen atoms in total. The Morgan fingerprint density at radius 3 is 2.44 bits per heavy atom. The summed E-state index contributed by atoms with van der Waals surface area (Å²) in [5.74, 6) is 3.18. The molecule has 0 saturated heterocycles. The zero-order chi connectivity index (χ0) is 11.6. The van der Waals surface area contributed by atoms with Gasteiger partial charge in [-0.2, -0.15) is 0 Å². The van der Waals surface area contributed by atoms with E-state index in [2.05, 4.69) is 0 Å². The number of allylic oxidation sites excluding steroid dienone is 2. The largest absolute Gasteiger partial charge is 0.500 e. The van der Waals surface area contributed by atoms with Crippen molar-refractivity contribution in [2.75, 3.05) is 21.3 Å². The Hall–Kier alpha value is -0.363. The van der Waals surface area contributed by atoms with E-state index in [4.69, 9.17) is 18.0 Å². The molecule has 1 aliphatic heterocycles. The third kappa shape index (κ3) is 2.48. The smallest absolute Gasteiger partial charge is 0.459 e. The van der Waals surface area contributed by atoms with E-state index in [0.29, 0.717) is 5.92 Å². The lowest BCUT2D eigenvalue weighted by atomic mass is 9.92. The van der Waals surface area contributed by atoms with Crippen LogP contribution in [0.4, 0.5) is 0 Å². The Morgan fingerprint density at radius 2 is 1.88 bits per heavy atom. The zero-order valence-corrected chi connectivity index (χ0v) is 11.2. The molecule has 0 saturated carbocycles. The quantitative estimate of drug-likeness (QED) is 0.672. The summed E-state index contributed by atoms with van der Waals surface area (Å²) in [5, 5.41) is 0. The maximum Gasteiger partial charge on any atom is 0.500 e. The van der Waals surface area contributed by atoms with Gasteiger partial charge < -0.3 is 18.0 Å². The Balaban J connectivity index is 1.79. The highest BCUT2D eigenvalue weighted by atomic mass is 28.4. The van der Waals surface area contributed by atoms with E-state index in [1.54, 1.807) is 21.3 Å². The molecule has 0 amide bonds. The van der Waals surface area contributed by atoms with Gasteiger partial charge in [0.25, 0.3) is 0 Å². The van der Waals surface area contributed by atoms with Crippen molar-refractivity contribution in [2.45, 2.75) is 31.7 Å². The summed E-state index contributed by atoms with van der Waals surface area (Å²) >= 11 is 0. The van der Waals surface area contributed by atoms with Crippen LogP contribution < -0.4 is 0 Å². The van der Waals surface area contributed by atoms with Crippen molar-refractivity contribution in [2.24, 2.45) is 5.92 Å². The summed E-state index contributed by atoms with van der Waals surface area (Å²) in [7, 11) is 2.65. The lowest BCUT2D eigenvalue weighted by molar-refractivity contribution is 0.121. The van der Waals surface area contributed by atoms with Gasteiger partial charge in [0.05, 0.1) is 0 Å². The van der Waals surface area contributed by atoms with Gasteiger partial charge in [0.1, 0.15) is 11.5 Å². The summed E-state index contributed by atoms with van der Waals surface area (Å²) in [5.41, 5.74) is 0. The SMILES string of the molecule is CO[Si](CCC1CCC2=C(C1)O2)(OC)OC. The average Bonchev–Trinajstić information content (AvgIpc) is 3.10. The van der Waals surface area contributed by atoms with Gasteiger partial charge in [0.15, 0.2) is 0 Å². The monoisotopic (exact) mass is 244 g/mol. The topological polar surface area (TPSA) is 40.2 Å². The number of ether oxygens (including phenoxy) is 1. The molecule has 0 bridgehead atoms. The third-order valence-corrected chi connectivity index (χ3v) is 6.33. The Kier molecular flexibility index (Phi) is 3.69. The second-order valence-corrected chi connectivity index (χ2v) is 7.48. The van der Waals surface area contributed by atoms with Crippen LogP contribution >= 0.6 is 0 Å². The van der Waals surface area contributed by atoms with Crippen molar-refractivity contribution in [3.05, 3.63) is 11.5 Å². The normalized spacial score (nSPS) is 24.1. The third-order valence-electron chi connectivity index (χ3n) is 3.56. The first-order valence-corrected chi connectivity index (χ1v) is 7.71. The highest BCUT2D eigenvalue weighted by Gasteiger charge is 2.40. The minimum absolute atomic E-state index is 0.702. The summed E-state index contributed by atoms with van der Waals surface area (Å²) < 4.78 is 21.6. The Labute approximate surface area is 97.9 Å². The fourth-order valence-corrected chi connectivity index (χ4v) is 4.23. The highest BCUT2D eigenvalue weighted by Crippen LogP contribution is 2.43. The molecule has 0 aromatic rings. The fourth-order valence-electron chi connectivity index (χ4n) is 2.35. The van der Waals surface area contributed by atoms with Crippen LogP contribution in [0, 0.1) is 5.92 Å². The molecule has 0 aromatic heterocycles. The first kappa shape index (κ1) is 12.1. The predicted octanol–water partition coefficient (Wildman–Crippen LogP) is 2.30. The van der Waals surface area contributed by atoms with E-state index in [9.17, 15) is 0 Å². The van der Waals surface area contributed by atoms with Gasteiger partial charge in [-0.05, 0) is 18.8 Å². The van der Waals surface area contributed by atoms with Crippen LogP contribution in [0.25, 0.3) is 0 Å². The molecule has 0 N–H and O–H groups in total. The molecule has 0 radical (unpaired) electrons. The van der Waals surface area contributed by atoms with E-state index in [1.165, 1.54) is 17.9 Å². The lowest BCUT2D eigenvalue weighted by Crippen LogP contribution is -2.43. The van der Waals surface area contributed by atoms with Gasteiger partial charge in [0, 0.05) is 40.2 Å². The first-order valence-electron chi connectivity index (χ1n) is 5.78. The molecule has 0 spiro atoms. The Bertz CT molecular complexity index is 277. The molecule has 1 heterocycles. The van der Waals surface area contributed by atoms with Crippen molar-refractivity contribution in [1.82, 2.24) is 0 Å². The van der Waals surface area contributed by atoms with Crippen LogP contribution in [-0.2, 0) is 18.0 Å². The van der Waals surface area contributed by atoms with E-state index >= 15 is 0 Å². The van der Waals surface area contributed by atoms with Gasteiger partial charge >= 0.3 is 8.80 Å². The standard InChI is InChI=1S/C11H20O4Si/c1-12-16(13-2,14-3)7-6-9-4-5-10-11(8-9)15-10/h9H,4-8H2,1-3H3. The first-order chi connectivity index (χ1) is 7.73. The van der Waals surface area contributed by atoms with E-state index in [-0.39, 0.29) is 0 Å². The van der Waals surface area contributed by atoms with Crippen LogP contribution in [0.2, 0.25) is 6.04 Å². The van der Waals surface area contributed by atoms with Crippen LogP contribution in [0.1, 0.15) is 25.7 Å². The van der Waals surface area contributed by atoms with Crippen molar-refractivity contribution in [3.63, 3.8) is 0 Å². The number of hydrogen-bond donors (Lipinski definition) is 0. The van der Waals surface area contributed by atoms with E-state index < -0.39 is 8.80 Å². The Morgan fingerprint density at radius 1 is 1.19 bits per heavy atom. The lowest BCUT2D eigenvalue weighted by Gasteiger charge is -2.26. The van der Waals surface area contributed by atoms with E-state index in [0.717, 1.165) is 25.3 Å². The number of hydrogen-bond acceptors (Lipinski definition) is 4. The predicted molar refractivity (Wildman–Crippen MR) is 61.7 cm³/mol. The van der Waals surface area contributed by atoms with Crippen LogP contribution in [0.3, 0.4) is 0 Å². The van der Waals surface area contributed by atoms with Gasteiger partial charge in [0.2, 0.25) is 0 Å². The minimum atomic E-state index is -2.37. The second kappa shape index (κ2) is 4.87. The van der Waals surface area contributed by atoms with Gasteiger partial charge in [-0.15, -0.1) is 0 Å². The maximum absolute atomic E-state index is 5.42.